The van der Waals surface area contributed by atoms with Gasteiger partial charge in [0.05, 0.1) is 0 Å². The monoisotopic (exact) mass is 233 g/mol. The van der Waals surface area contributed by atoms with Crippen LogP contribution in [0, 0.1) is 0 Å². The molecule has 0 aromatic heterocycles. The first-order valence-electron chi connectivity index (χ1n) is 5.74. The summed E-state index contributed by atoms with van der Waals surface area (Å²) in [6, 6.07) is 7.81. The Labute approximate surface area is 102 Å². The Balaban J connectivity index is 2.48. The lowest BCUT2D eigenvalue weighted by atomic mass is 10.0. The third-order valence-corrected chi connectivity index (χ3v) is 2.34. The van der Waals surface area contributed by atoms with E-state index in [0.717, 1.165) is 5.75 Å². The molecule has 0 fully saturated rings. The molecular formula is C14H19NO2. The van der Waals surface area contributed by atoms with Crippen molar-refractivity contribution >= 4 is 5.91 Å². The first kappa shape index (κ1) is 13.3. The van der Waals surface area contributed by atoms with Crippen molar-refractivity contribution in [2.24, 2.45) is 0 Å². The van der Waals surface area contributed by atoms with Crippen LogP contribution in [0.3, 0.4) is 0 Å². The number of rotatable bonds is 6. The second kappa shape index (κ2) is 6.74. The predicted octanol–water partition coefficient (Wildman–Crippen LogP) is 2.49. The van der Waals surface area contributed by atoms with Crippen LogP contribution in [0.15, 0.2) is 36.9 Å². The Morgan fingerprint density at radius 2 is 2.29 bits per heavy atom. The van der Waals surface area contributed by atoms with Crippen LogP contribution in [0.1, 0.15) is 25.3 Å². The zero-order valence-corrected chi connectivity index (χ0v) is 10.4. The topological polar surface area (TPSA) is 38.3 Å². The average molecular weight is 233 g/mol. The molecular weight excluding hydrogens is 214 g/mol. The van der Waals surface area contributed by atoms with Crippen molar-refractivity contribution in [2.75, 3.05) is 13.2 Å². The number of amides is 1. The van der Waals surface area contributed by atoms with E-state index in [1.54, 1.807) is 6.08 Å². The molecule has 0 atom stereocenters. The van der Waals surface area contributed by atoms with Gasteiger partial charge in [-0.05, 0) is 23.6 Å². The number of carbonyl (C=O) groups excluding carboxylic acids is 1. The third-order valence-electron chi connectivity index (χ3n) is 2.34. The van der Waals surface area contributed by atoms with Crippen LogP contribution in [0.5, 0.6) is 5.75 Å². The summed E-state index contributed by atoms with van der Waals surface area (Å²) in [6.07, 6.45) is 1.64. The zero-order valence-electron chi connectivity index (χ0n) is 10.4. The summed E-state index contributed by atoms with van der Waals surface area (Å²) in [6.45, 7) is 8.27. The van der Waals surface area contributed by atoms with E-state index in [2.05, 4.69) is 31.8 Å². The van der Waals surface area contributed by atoms with Gasteiger partial charge in [0.25, 0.3) is 5.91 Å². The fourth-order valence-corrected chi connectivity index (χ4v) is 1.35. The van der Waals surface area contributed by atoms with Gasteiger partial charge < -0.3 is 10.1 Å². The number of ether oxygens (including phenoxy) is 1. The molecule has 1 aromatic carbocycles. The predicted molar refractivity (Wildman–Crippen MR) is 69.2 cm³/mol. The molecule has 0 bridgehead atoms. The lowest BCUT2D eigenvalue weighted by Crippen LogP contribution is -2.28. The molecule has 0 heterocycles. The Kier molecular flexibility index (Phi) is 5.27. The molecule has 3 heteroatoms. The number of nitrogens with one attached hydrogen (secondary N) is 1. The molecule has 3 nitrogen and oxygen atoms in total. The van der Waals surface area contributed by atoms with Crippen molar-refractivity contribution in [1.82, 2.24) is 5.32 Å². The Bertz CT molecular complexity index is 386. The summed E-state index contributed by atoms with van der Waals surface area (Å²) in [5, 5.41) is 2.66. The van der Waals surface area contributed by atoms with Gasteiger partial charge in [0.2, 0.25) is 0 Å². The summed E-state index contributed by atoms with van der Waals surface area (Å²) < 4.78 is 5.41. The van der Waals surface area contributed by atoms with E-state index >= 15 is 0 Å². The summed E-state index contributed by atoms with van der Waals surface area (Å²) in [4.78, 5) is 11.3. The van der Waals surface area contributed by atoms with E-state index in [1.165, 1.54) is 5.56 Å². The van der Waals surface area contributed by atoms with Crippen LogP contribution in [-0.4, -0.2) is 19.1 Å². The molecule has 0 aliphatic rings. The average Bonchev–Trinajstić information content (AvgIpc) is 2.34. The van der Waals surface area contributed by atoms with E-state index < -0.39 is 0 Å². The molecule has 0 spiro atoms. The molecule has 1 rings (SSSR count). The molecule has 1 aromatic rings. The van der Waals surface area contributed by atoms with Crippen LogP contribution in [0.2, 0.25) is 0 Å². The van der Waals surface area contributed by atoms with Crippen molar-refractivity contribution in [3.63, 3.8) is 0 Å². The quantitative estimate of drug-likeness (QED) is 0.767. The van der Waals surface area contributed by atoms with Gasteiger partial charge in [0.1, 0.15) is 5.75 Å². The van der Waals surface area contributed by atoms with Gasteiger partial charge in [-0.25, -0.2) is 0 Å². The second-order valence-corrected chi connectivity index (χ2v) is 4.11. The number of hydrogen-bond acceptors (Lipinski definition) is 2. The van der Waals surface area contributed by atoms with Gasteiger partial charge in [-0.1, -0.05) is 32.1 Å². The molecule has 17 heavy (non-hydrogen) atoms. The molecule has 0 saturated carbocycles. The Morgan fingerprint density at radius 3 is 2.94 bits per heavy atom. The molecule has 0 unspecified atom stereocenters. The summed E-state index contributed by atoms with van der Waals surface area (Å²) in [5.74, 6) is 1.04. The largest absolute Gasteiger partial charge is 0.484 e. The van der Waals surface area contributed by atoms with Crippen molar-refractivity contribution in [2.45, 2.75) is 19.8 Å². The highest BCUT2D eigenvalue weighted by molar-refractivity contribution is 5.77. The molecule has 0 aliphatic heterocycles. The number of benzene rings is 1. The van der Waals surface area contributed by atoms with Crippen molar-refractivity contribution in [3.8, 4) is 5.75 Å². The maximum Gasteiger partial charge on any atom is 0.258 e. The summed E-state index contributed by atoms with van der Waals surface area (Å²) in [5.41, 5.74) is 1.20. The van der Waals surface area contributed by atoms with Gasteiger partial charge in [-0.2, -0.15) is 0 Å². The highest BCUT2D eigenvalue weighted by atomic mass is 16.5. The third kappa shape index (κ3) is 4.72. The maximum atomic E-state index is 11.3. The van der Waals surface area contributed by atoms with Crippen molar-refractivity contribution in [1.29, 1.82) is 0 Å². The van der Waals surface area contributed by atoms with Crippen LogP contribution >= 0.6 is 0 Å². The SMILES string of the molecule is C=CCNC(=O)COc1cccc(C(C)C)c1. The van der Waals surface area contributed by atoms with Gasteiger partial charge in [0.15, 0.2) is 6.61 Å². The highest BCUT2D eigenvalue weighted by Crippen LogP contribution is 2.19. The molecule has 1 amide bonds. The Morgan fingerprint density at radius 1 is 1.53 bits per heavy atom. The summed E-state index contributed by atoms with van der Waals surface area (Å²) in [7, 11) is 0. The Hall–Kier alpha value is -1.77. The maximum absolute atomic E-state index is 11.3. The standard InChI is InChI=1S/C14H19NO2/c1-4-8-15-14(16)10-17-13-7-5-6-12(9-13)11(2)3/h4-7,9,11H,1,8,10H2,2-3H3,(H,15,16). The van der Waals surface area contributed by atoms with Crippen LogP contribution in [0.25, 0.3) is 0 Å². The first-order chi connectivity index (χ1) is 8.13. The molecule has 0 aliphatic carbocycles. The molecule has 92 valence electrons. The lowest BCUT2D eigenvalue weighted by molar-refractivity contribution is -0.122. The van der Waals surface area contributed by atoms with E-state index in [0.29, 0.717) is 12.5 Å². The smallest absolute Gasteiger partial charge is 0.258 e. The molecule has 1 N–H and O–H groups in total. The van der Waals surface area contributed by atoms with Gasteiger partial charge in [-0.3, -0.25) is 4.79 Å². The fourth-order valence-electron chi connectivity index (χ4n) is 1.35. The minimum Gasteiger partial charge on any atom is -0.484 e. The molecule has 0 saturated heterocycles. The first-order valence-corrected chi connectivity index (χ1v) is 5.74. The van der Waals surface area contributed by atoms with E-state index in [-0.39, 0.29) is 12.5 Å². The summed E-state index contributed by atoms with van der Waals surface area (Å²) >= 11 is 0. The normalized spacial score (nSPS) is 10.1. The van der Waals surface area contributed by atoms with Crippen LogP contribution < -0.4 is 10.1 Å². The van der Waals surface area contributed by atoms with E-state index in [4.69, 9.17) is 4.74 Å². The van der Waals surface area contributed by atoms with Gasteiger partial charge >= 0.3 is 0 Å². The second-order valence-electron chi connectivity index (χ2n) is 4.11. The van der Waals surface area contributed by atoms with Gasteiger partial charge in [-0.15, -0.1) is 6.58 Å². The minimum absolute atomic E-state index is 0.0371. The van der Waals surface area contributed by atoms with Crippen LogP contribution in [0.4, 0.5) is 0 Å². The van der Waals surface area contributed by atoms with Crippen LogP contribution in [-0.2, 0) is 4.79 Å². The minimum atomic E-state index is -0.139. The number of hydrogen-bond donors (Lipinski definition) is 1. The fraction of sp³-hybridized carbons (Fsp3) is 0.357. The highest BCUT2D eigenvalue weighted by Gasteiger charge is 2.03. The van der Waals surface area contributed by atoms with Crippen molar-refractivity contribution < 1.29 is 9.53 Å². The van der Waals surface area contributed by atoms with Gasteiger partial charge in [0, 0.05) is 6.54 Å². The molecule has 0 radical (unpaired) electrons. The van der Waals surface area contributed by atoms with E-state index in [1.807, 2.05) is 18.2 Å². The lowest BCUT2D eigenvalue weighted by Gasteiger charge is -2.09. The van der Waals surface area contributed by atoms with Crippen molar-refractivity contribution in [3.05, 3.63) is 42.5 Å². The number of carbonyl (C=O) groups is 1. The zero-order chi connectivity index (χ0) is 12.7. The van der Waals surface area contributed by atoms with E-state index in [9.17, 15) is 4.79 Å².